The number of benzene rings is 3. The van der Waals surface area contributed by atoms with Crippen molar-refractivity contribution >= 4 is 22.6 Å². The largest absolute Gasteiger partial charge is 0.508 e. The molecule has 0 spiro atoms. The molecule has 0 saturated carbocycles. The lowest BCUT2D eigenvalue weighted by Gasteiger charge is -2.08. The van der Waals surface area contributed by atoms with Crippen molar-refractivity contribution in [3.63, 3.8) is 0 Å². The number of fused-ring (bicyclic) bond motifs is 1. The van der Waals surface area contributed by atoms with Crippen molar-refractivity contribution in [2.75, 3.05) is 5.32 Å². The van der Waals surface area contributed by atoms with Crippen LogP contribution < -0.4 is 5.32 Å². The topological polar surface area (TPSA) is 67.2 Å². The molecule has 2 N–H and O–H groups in total. The minimum Gasteiger partial charge on any atom is -0.508 e. The zero-order chi connectivity index (χ0) is 18.1. The van der Waals surface area contributed by atoms with Gasteiger partial charge in [0.05, 0.1) is 11.0 Å². The van der Waals surface area contributed by atoms with E-state index >= 15 is 0 Å². The molecule has 0 saturated heterocycles. The van der Waals surface area contributed by atoms with Gasteiger partial charge >= 0.3 is 0 Å². The van der Waals surface area contributed by atoms with Gasteiger partial charge in [0, 0.05) is 18.3 Å². The summed E-state index contributed by atoms with van der Waals surface area (Å²) >= 11 is 0. The second-order valence-corrected chi connectivity index (χ2v) is 6.09. The minimum absolute atomic E-state index is 0.0932. The van der Waals surface area contributed by atoms with E-state index in [0.717, 1.165) is 33.5 Å². The first kappa shape index (κ1) is 15.9. The fourth-order valence-corrected chi connectivity index (χ4v) is 2.96. The molecule has 5 heteroatoms. The SMILES string of the molecule is CC(=O)Nc1ccc(-n2cnc3ccc(-c4ccc(O)cc4)cc32)cc1. The molecule has 0 atom stereocenters. The van der Waals surface area contributed by atoms with E-state index in [1.54, 1.807) is 18.5 Å². The van der Waals surface area contributed by atoms with Gasteiger partial charge in [0.2, 0.25) is 5.91 Å². The smallest absolute Gasteiger partial charge is 0.221 e. The summed E-state index contributed by atoms with van der Waals surface area (Å²) in [5, 5.41) is 12.2. The van der Waals surface area contributed by atoms with Gasteiger partial charge in [-0.05, 0) is 59.7 Å². The molecular weight excluding hydrogens is 326 g/mol. The van der Waals surface area contributed by atoms with Crippen LogP contribution in [0.2, 0.25) is 0 Å². The molecule has 4 aromatic rings. The summed E-state index contributed by atoms with van der Waals surface area (Å²) in [4.78, 5) is 15.6. The number of aromatic nitrogens is 2. The Hall–Kier alpha value is -3.60. The average Bonchev–Trinajstić information content (AvgIpc) is 3.06. The van der Waals surface area contributed by atoms with E-state index in [9.17, 15) is 9.90 Å². The fourth-order valence-electron chi connectivity index (χ4n) is 2.96. The second-order valence-electron chi connectivity index (χ2n) is 6.09. The van der Waals surface area contributed by atoms with E-state index in [4.69, 9.17) is 0 Å². The molecule has 128 valence electrons. The number of nitrogens with one attached hydrogen (secondary N) is 1. The van der Waals surface area contributed by atoms with E-state index in [1.165, 1.54) is 6.92 Å². The number of amides is 1. The molecule has 0 bridgehead atoms. The van der Waals surface area contributed by atoms with E-state index in [0.29, 0.717) is 0 Å². The fraction of sp³-hybridized carbons (Fsp3) is 0.0476. The van der Waals surface area contributed by atoms with Gasteiger partial charge in [0.1, 0.15) is 12.1 Å². The number of carbonyl (C=O) groups is 1. The highest BCUT2D eigenvalue weighted by atomic mass is 16.3. The van der Waals surface area contributed by atoms with Crippen molar-refractivity contribution in [2.24, 2.45) is 0 Å². The maximum atomic E-state index is 11.2. The van der Waals surface area contributed by atoms with Crippen molar-refractivity contribution < 1.29 is 9.90 Å². The predicted octanol–water partition coefficient (Wildman–Crippen LogP) is 4.36. The number of carbonyl (C=O) groups excluding carboxylic acids is 1. The van der Waals surface area contributed by atoms with Gasteiger partial charge in [-0.1, -0.05) is 18.2 Å². The molecule has 0 aliphatic rings. The number of anilines is 1. The Morgan fingerprint density at radius 3 is 2.35 bits per heavy atom. The van der Waals surface area contributed by atoms with Gasteiger partial charge in [-0.15, -0.1) is 0 Å². The number of hydrogen-bond acceptors (Lipinski definition) is 3. The molecule has 0 aliphatic heterocycles. The summed E-state index contributed by atoms with van der Waals surface area (Å²) in [6.45, 7) is 1.49. The zero-order valence-corrected chi connectivity index (χ0v) is 14.2. The highest BCUT2D eigenvalue weighted by molar-refractivity contribution is 5.89. The summed E-state index contributed by atoms with van der Waals surface area (Å²) in [6.07, 6.45) is 1.79. The minimum atomic E-state index is -0.0932. The third-order valence-electron chi connectivity index (χ3n) is 4.21. The van der Waals surface area contributed by atoms with Crippen LogP contribution in [0.1, 0.15) is 6.92 Å². The number of rotatable bonds is 3. The van der Waals surface area contributed by atoms with Crippen LogP contribution in [0.15, 0.2) is 73.1 Å². The first-order valence-electron chi connectivity index (χ1n) is 8.25. The number of hydrogen-bond donors (Lipinski definition) is 2. The van der Waals surface area contributed by atoms with Gasteiger partial charge in [-0.25, -0.2) is 4.98 Å². The van der Waals surface area contributed by atoms with Crippen LogP contribution in [-0.2, 0) is 4.79 Å². The number of nitrogens with zero attached hydrogens (tertiary/aromatic N) is 2. The van der Waals surface area contributed by atoms with Crippen LogP contribution >= 0.6 is 0 Å². The molecular formula is C21H17N3O2. The van der Waals surface area contributed by atoms with Crippen LogP contribution in [0.5, 0.6) is 5.75 Å². The second kappa shape index (κ2) is 6.37. The molecule has 5 nitrogen and oxygen atoms in total. The van der Waals surface area contributed by atoms with Gasteiger partial charge in [0.15, 0.2) is 0 Å². The van der Waals surface area contributed by atoms with E-state index in [-0.39, 0.29) is 11.7 Å². The van der Waals surface area contributed by atoms with Crippen molar-refractivity contribution in [1.82, 2.24) is 9.55 Å². The van der Waals surface area contributed by atoms with Crippen LogP contribution in [0, 0.1) is 0 Å². The number of imidazole rings is 1. The van der Waals surface area contributed by atoms with Gasteiger partial charge < -0.3 is 10.4 Å². The number of aromatic hydroxyl groups is 1. The van der Waals surface area contributed by atoms with Gasteiger partial charge in [-0.2, -0.15) is 0 Å². The van der Waals surface area contributed by atoms with Gasteiger partial charge in [0.25, 0.3) is 0 Å². The quantitative estimate of drug-likeness (QED) is 0.581. The average molecular weight is 343 g/mol. The highest BCUT2D eigenvalue weighted by Crippen LogP contribution is 2.27. The van der Waals surface area contributed by atoms with Crippen molar-refractivity contribution in [1.29, 1.82) is 0 Å². The number of phenols is 1. The van der Waals surface area contributed by atoms with Crippen LogP contribution in [-0.4, -0.2) is 20.6 Å². The van der Waals surface area contributed by atoms with E-state index in [2.05, 4.69) is 16.4 Å². The summed E-state index contributed by atoms with van der Waals surface area (Å²) in [5.41, 5.74) is 5.69. The van der Waals surface area contributed by atoms with Crippen LogP contribution in [0.25, 0.3) is 27.8 Å². The van der Waals surface area contributed by atoms with Gasteiger partial charge in [-0.3, -0.25) is 9.36 Å². The summed E-state index contributed by atoms with van der Waals surface area (Å²) in [6, 6.07) is 20.8. The Balaban J connectivity index is 1.75. The Kier molecular flexibility index (Phi) is 3.89. The first-order chi connectivity index (χ1) is 12.6. The molecule has 26 heavy (non-hydrogen) atoms. The Bertz CT molecular complexity index is 1080. The molecule has 1 heterocycles. The van der Waals surface area contributed by atoms with Crippen LogP contribution in [0.3, 0.4) is 0 Å². The molecule has 3 aromatic carbocycles. The van der Waals surface area contributed by atoms with Crippen molar-refractivity contribution in [3.05, 3.63) is 73.1 Å². The normalized spacial score (nSPS) is 10.8. The zero-order valence-electron chi connectivity index (χ0n) is 14.2. The maximum Gasteiger partial charge on any atom is 0.221 e. The third kappa shape index (κ3) is 3.02. The lowest BCUT2D eigenvalue weighted by molar-refractivity contribution is -0.114. The molecule has 0 aliphatic carbocycles. The Morgan fingerprint density at radius 2 is 1.65 bits per heavy atom. The Morgan fingerprint density at radius 1 is 0.962 bits per heavy atom. The summed E-state index contributed by atoms with van der Waals surface area (Å²) in [7, 11) is 0. The molecule has 4 rings (SSSR count). The summed E-state index contributed by atoms with van der Waals surface area (Å²) in [5.74, 6) is 0.156. The molecule has 0 unspecified atom stereocenters. The molecule has 1 aromatic heterocycles. The number of phenolic OH excluding ortho intramolecular Hbond substituents is 1. The monoisotopic (exact) mass is 343 g/mol. The first-order valence-corrected chi connectivity index (χ1v) is 8.25. The molecule has 0 radical (unpaired) electrons. The van der Waals surface area contributed by atoms with E-state index < -0.39 is 0 Å². The lowest BCUT2D eigenvalue weighted by atomic mass is 10.0. The third-order valence-corrected chi connectivity index (χ3v) is 4.21. The van der Waals surface area contributed by atoms with Crippen molar-refractivity contribution in [3.8, 4) is 22.6 Å². The standard InChI is InChI=1S/C21H17N3O2/c1-14(25)23-17-5-7-18(8-6-17)24-13-22-20-11-4-16(12-21(20)24)15-2-9-19(26)10-3-15/h2-13,26H,1H3,(H,23,25). The highest BCUT2D eigenvalue weighted by Gasteiger charge is 2.07. The van der Waals surface area contributed by atoms with E-state index in [1.807, 2.05) is 53.1 Å². The Labute approximate surface area is 150 Å². The molecule has 1 amide bonds. The van der Waals surface area contributed by atoms with Crippen LogP contribution in [0.4, 0.5) is 5.69 Å². The maximum absolute atomic E-state index is 11.2. The summed E-state index contributed by atoms with van der Waals surface area (Å²) < 4.78 is 2.01. The van der Waals surface area contributed by atoms with Crippen molar-refractivity contribution in [2.45, 2.75) is 6.92 Å². The predicted molar refractivity (Wildman–Crippen MR) is 102 cm³/mol. The lowest BCUT2D eigenvalue weighted by Crippen LogP contribution is -2.05. The molecule has 0 fully saturated rings.